The first-order chi connectivity index (χ1) is 12.1. The van der Waals surface area contributed by atoms with Gasteiger partial charge in [-0.05, 0) is 42.0 Å². The quantitative estimate of drug-likeness (QED) is 0.487. The molecule has 1 aromatic heterocycles. The monoisotopic (exact) mass is 336 g/mol. The number of aryl methyl sites for hydroxylation is 1. The molecule has 0 saturated heterocycles. The molecule has 0 bridgehead atoms. The van der Waals surface area contributed by atoms with Gasteiger partial charge >= 0.3 is 0 Å². The van der Waals surface area contributed by atoms with Crippen LogP contribution in [0.3, 0.4) is 0 Å². The van der Waals surface area contributed by atoms with Gasteiger partial charge < -0.3 is 10.1 Å². The molecule has 7 nitrogen and oxygen atoms in total. The zero-order valence-electron chi connectivity index (χ0n) is 13.3. The molecule has 0 atom stereocenters. The molecule has 2 aromatic carbocycles. The molecule has 25 heavy (non-hydrogen) atoms. The summed E-state index contributed by atoms with van der Waals surface area (Å²) in [5, 5.41) is 13.6. The maximum absolute atomic E-state index is 12.0. The van der Waals surface area contributed by atoms with Crippen LogP contribution in [0.1, 0.15) is 17.8 Å². The van der Waals surface area contributed by atoms with Crippen LogP contribution in [0.5, 0.6) is 5.75 Å². The van der Waals surface area contributed by atoms with Gasteiger partial charge in [-0.25, -0.2) is 10.4 Å². The first kappa shape index (κ1) is 16.4. The molecule has 126 valence electrons. The lowest BCUT2D eigenvalue weighted by Gasteiger charge is -2.02. The van der Waals surface area contributed by atoms with E-state index in [1.54, 1.807) is 30.3 Å². The number of nitrogens with one attached hydrogen (secondary N) is 2. The minimum absolute atomic E-state index is 0.147. The van der Waals surface area contributed by atoms with Crippen LogP contribution in [0, 0.1) is 0 Å². The largest absolute Gasteiger partial charge is 0.508 e. The second-order valence-corrected chi connectivity index (χ2v) is 5.41. The summed E-state index contributed by atoms with van der Waals surface area (Å²) in [6, 6.07) is 13.5. The average Bonchev–Trinajstić information content (AvgIpc) is 2.62. The van der Waals surface area contributed by atoms with E-state index in [-0.39, 0.29) is 23.6 Å². The number of aromatic amines is 1. The maximum Gasteiger partial charge on any atom is 0.258 e. The summed E-state index contributed by atoms with van der Waals surface area (Å²) in [5.74, 6) is 0.338. The van der Waals surface area contributed by atoms with Crippen molar-refractivity contribution in [2.24, 2.45) is 5.10 Å². The third-order valence-corrected chi connectivity index (χ3v) is 3.55. The summed E-state index contributed by atoms with van der Waals surface area (Å²) >= 11 is 0. The highest BCUT2D eigenvalue weighted by Crippen LogP contribution is 2.08. The summed E-state index contributed by atoms with van der Waals surface area (Å²) in [6.45, 7) is 0. The second-order valence-electron chi connectivity index (χ2n) is 5.41. The molecule has 7 heteroatoms. The highest BCUT2D eigenvalue weighted by Gasteiger charge is 2.06. The van der Waals surface area contributed by atoms with Gasteiger partial charge in [0, 0.05) is 12.8 Å². The number of aromatic nitrogens is 2. The van der Waals surface area contributed by atoms with Crippen molar-refractivity contribution in [1.82, 2.24) is 15.4 Å². The molecule has 0 radical (unpaired) electrons. The van der Waals surface area contributed by atoms with Crippen LogP contribution in [0.25, 0.3) is 10.9 Å². The fourth-order valence-corrected chi connectivity index (χ4v) is 2.28. The second kappa shape index (κ2) is 7.39. The Morgan fingerprint density at radius 3 is 2.76 bits per heavy atom. The van der Waals surface area contributed by atoms with Crippen molar-refractivity contribution >= 4 is 23.0 Å². The van der Waals surface area contributed by atoms with Crippen molar-refractivity contribution in [1.29, 1.82) is 0 Å². The van der Waals surface area contributed by atoms with Crippen LogP contribution in [-0.4, -0.2) is 27.2 Å². The Bertz CT molecular complexity index is 978. The Balaban J connectivity index is 1.57. The van der Waals surface area contributed by atoms with E-state index in [0.29, 0.717) is 23.1 Å². The maximum atomic E-state index is 12.0. The van der Waals surface area contributed by atoms with Crippen molar-refractivity contribution in [3.63, 3.8) is 0 Å². The molecular formula is C18H16N4O3. The summed E-state index contributed by atoms with van der Waals surface area (Å²) in [5.41, 5.74) is 3.55. The number of rotatable bonds is 5. The summed E-state index contributed by atoms with van der Waals surface area (Å²) in [6.07, 6.45) is 1.93. The van der Waals surface area contributed by atoms with Crippen LogP contribution >= 0.6 is 0 Å². The van der Waals surface area contributed by atoms with E-state index in [2.05, 4.69) is 20.5 Å². The molecule has 0 saturated carbocycles. The van der Waals surface area contributed by atoms with E-state index >= 15 is 0 Å². The van der Waals surface area contributed by atoms with Gasteiger partial charge in [-0.15, -0.1) is 0 Å². The summed E-state index contributed by atoms with van der Waals surface area (Å²) < 4.78 is 0. The zero-order chi connectivity index (χ0) is 17.6. The Morgan fingerprint density at radius 2 is 1.96 bits per heavy atom. The van der Waals surface area contributed by atoms with E-state index in [1.165, 1.54) is 18.3 Å². The van der Waals surface area contributed by atoms with Crippen LogP contribution < -0.4 is 11.0 Å². The lowest BCUT2D eigenvalue weighted by molar-refractivity contribution is -0.121. The number of phenolic OH excluding ortho intramolecular Hbond substituents is 1. The average molecular weight is 336 g/mol. The van der Waals surface area contributed by atoms with Gasteiger partial charge in [0.2, 0.25) is 5.91 Å². The molecule has 0 aliphatic carbocycles. The van der Waals surface area contributed by atoms with E-state index < -0.39 is 0 Å². The first-order valence-electron chi connectivity index (χ1n) is 7.71. The molecule has 0 aliphatic rings. The Morgan fingerprint density at radius 1 is 1.20 bits per heavy atom. The highest BCUT2D eigenvalue weighted by molar-refractivity contribution is 5.82. The van der Waals surface area contributed by atoms with Crippen LogP contribution in [0.15, 0.2) is 58.4 Å². The number of hydrazone groups is 1. The molecule has 3 N–H and O–H groups in total. The number of amides is 1. The molecule has 0 aliphatic heterocycles. The Labute approximate surface area is 143 Å². The Kier molecular flexibility index (Phi) is 4.84. The summed E-state index contributed by atoms with van der Waals surface area (Å²) in [7, 11) is 0. The molecule has 3 aromatic rings. The van der Waals surface area contributed by atoms with Gasteiger partial charge in [-0.3, -0.25) is 9.59 Å². The van der Waals surface area contributed by atoms with Crippen molar-refractivity contribution in [2.45, 2.75) is 12.8 Å². The topological polar surface area (TPSA) is 107 Å². The molecule has 0 fully saturated rings. The molecule has 1 heterocycles. The summed E-state index contributed by atoms with van der Waals surface area (Å²) in [4.78, 5) is 30.8. The van der Waals surface area contributed by atoms with Crippen molar-refractivity contribution in [2.75, 3.05) is 0 Å². The highest BCUT2D eigenvalue weighted by atomic mass is 16.3. The van der Waals surface area contributed by atoms with Crippen LogP contribution in [0.2, 0.25) is 0 Å². The number of H-pyrrole nitrogens is 1. The minimum Gasteiger partial charge on any atom is -0.508 e. The molecule has 3 rings (SSSR count). The standard InChI is InChI=1S/C18H16N4O3/c23-13-7-5-12(6-8-13)11-19-22-17(24)10-9-16-20-15-4-2-1-3-14(15)18(25)21-16/h1-8,11,23H,9-10H2,(H,22,24)(H,20,21,25)/b19-11+. The van der Waals surface area contributed by atoms with Crippen LogP contribution in [-0.2, 0) is 11.2 Å². The lowest BCUT2D eigenvalue weighted by Crippen LogP contribution is -2.19. The van der Waals surface area contributed by atoms with E-state index in [1.807, 2.05) is 6.07 Å². The molecule has 0 unspecified atom stereocenters. The number of nitrogens with zero attached hydrogens (tertiary/aromatic N) is 2. The number of fused-ring (bicyclic) bond motifs is 1. The lowest BCUT2D eigenvalue weighted by atomic mass is 10.2. The van der Waals surface area contributed by atoms with Gasteiger partial charge in [0.25, 0.3) is 5.56 Å². The van der Waals surface area contributed by atoms with Crippen molar-refractivity contribution in [3.05, 3.63) is 70.3 Å². The molecule has 0 spiro atoms. The number of hydrogen-bond donors (Lipinski definition) is 3. The Hall–Kier alpha value is -3.48. The smallest absolute Gasteiger partial charge is 0.258 e. The number of hydrogen-bond acceptors (Lipinski definition) is 5. The predicted octanol–water partition coefficient (Wildman–Crippen LogP) is 1.71. The predicted molar refractivity (Wildman–Crippen MR) is 94.5 cm³/mol. The fraction of sp³-hybridized carbons (Fsp3) is 0.111. The van der Waals surface area contributed by atoms with Gasteiger partial charge in [0.05, 0.1) is 17.1 Å². The van der Waals surface area contributed by atoms with E-state index in [4.69, 9.17) is 0 Å². The van der Waals surface area contributed by atoms with Gasteiger partial charge in [0.1, 0.15) is 11.6 Å². The van der Waals surface area contributed by atoms with E-state index in [0.717, 1.165) is 5.56 Å². The number of carbonyl (C=O) groups is 1. The SMILES string of the molecule is O=C(CCc1nc2ccccc2c(=O)[nH]1)N/N=C/c1ccc(O)cc1. The number of phenols is 1. The number of benzene rings is 2. The normalized spacial score (nSPS) is 11.0. The van der Waals surface area contributed by atoms with Crippen molar-refractivity contribution < 1.29 is 9.90 Å². The van der Waals surface area contributed by atoms with E-state index in [9.17, 15) is 14.7 Å². The molecular weight excluding hydrogens is 320 g/mol. The first-order valence-corrected chi connectivity index (χ1v) is 7.71. The molecule has 1 amide bonds. The van der Waals surface area contributed by atoms with Crippen LogP contribution in [0.4, 0.5) is 0 Å². The number of para-hydroxylation sites is 1. The van der Waals surface area contributed by atoms with Gasteiger partial charge in [-0.2, -0.15) is 5.10 Å². The minimum atomic E-state index is -0.286. The fourth-order valence-electron chi connectivity index (χ4n) is 2.28. The van der Waals surface area contributed by atoms with Gasteiger partial charge in [-0.1, -0.05) is 12.1 Å². The van der Waals surface area contributed by atoms with Crippen molar-refractivity contribution in [3.8, 4) is 5.75 Å². The third kappa shape index (κ3) is 4.29. The van der Waals surface area contributed by atoms with Gasteiger partial charge in [0.15, 0.2) is 0 Å². The zero-order valence-corrected chi connectivity index (χ0v) is 13.3. The number of aromatic hydroxyl groups is 1. The third-order valence-electron chi connectivity index (χ3n) is 3.55. The number of carbonyl (C=O) groups excluding carboxylic acids is 1.